The highest BCUT2D eigenvalue weighted by molar-refractivity contribution is 7.92. The van der Waals surface area contributed by atoms with Crippen LogP contribution >= 0.6 is 0 Å². The van der Waals surface area contributed by atoms with Crippen molar-refractivity contribution in [3.05, 3.63) is 71.9 Å². The van der Waals surface area contributed by atoms with Crippen molar-refractivity contribution in [2.24, 2.45) is 11.8 Å². The minimum absolute atomic E-state index is 0.0571. The highest BCUT2D eigenvalue weighted by Crippen LogP contribution is 2.44. The van der Waals surface area contributed by atoms with E-state index in [2.05, 4.69) is 4.98 Å². The fourth-order valence-corrected chi connectivity index (χ4v) is 6.58. The van der Waals surface area contributed by atoms with Gasteiger partial charge in [-0.05, 0) is 73.7 Å². The molecular formula is C27H22F6N2O5S. The molecule has 2 aromatic carbocycles. The first kappa shape index (κ1) is 28.7. The molecule has 1 aromatic heterocycles. The van der Waals surface area contributed by atoms with Gasteiger partial charge in [-0.1, -0.05) is 12.1 Å². The second kappa shape index (κ2) is 10.2. The van der Waals surface area contributed by atoms with E-state index < -0.39 is 56.5 Å². The van der Waals surface area contributed by atoms with Crippen LogP contribution in [-0.2, 0) is 27.2 Å². The number of alkyl halides is 6. The molecule has 0 amide bonds. The number of ether oxygens (including phenoxy) is 1. The van der Waals surface area contributed by atoms with Gasteiger partial charge in [-0.25, -0.2) is 13.4 Å². The van der Waals surface area contributed by atoms with Gasteiger partial charge in [0.25, 0.3) is 10.0 Å². The van der Waals surface area contributed by atoms with Gasteiger partial charge in [-0.2, -0.15) is 26.3 Å². The molecule has 3 aromatic rings. The summed E-state index contributed by atoms with van der Waals surface area (Å²) in [7, 11) is -4.61. The molecule has 14 heteroatoms. The largest absolute Gasteiger partial charge is 0.486 e. The molecule has 2 aliphatic rings. The number of hydrogen-bond acceptors (Lipinski definition) is 5. The Morgan fingerprint density at radius 2 is 1.68 bits per heavy atom. The van der Waals surface area contributed by atoms with Crippen molar-refractivity contribution in [1.82, 2.24) is 4.98 Å². The number of hydrogen-bond donors (Lipinski definition) is 1. The molecule has 0 radical (unpaired) electrons. The van der Waals surface area contributed by atoms with E-state index in [1.807, 2.05) is 0 Å². The lowest BCUT2D eigenvalue weighted by Gasteiger charge is -2.40. The lowest BCUT2D eigenvalue weighted by Crippen LogP contribution is -2.45. The molecule has 0 spiro atoms. The van der Waals surface area contributed by atoms with Crippen molar-refractivity contribution in [2.45, 2.75) is 42.6 Å². The summed E-state index contributed by atoms with van der Waals surface area (Å²) in [5.74, 6) is -1.44. The number of rotatable bonds is 6. The Hall–Kier alpha value is -3.81. The molecule has 41 heavy (non-hydrogen) atoms. The summed E-state index contributed by atoms with van der Waals surface area (Å²) >= 11 is 0. The Kier molecular flexibility index (Phi) is 7.16. The van der Waals surface area contributed by atoms with Gasteiger partial charge in [-0.3, -0.25) is 9.10 Å². The highest BCUT2D eigenvalue weighted by atomic mass is 32.2. The van der Waals surface area contributed by atoms with E-state index in [9.17, 15) is 39.6 Å². The molecule has 218 valence electrons. The number of pyridine rings is 1. The Balaban J connectivity index is 1.54. The van der Waals surface area contributed by atoms with Crippen molar-refractivity contribution in [3.8, 4) is 17.0 Å². The minimum atomic E-state index is -4.80. The maximum absolute atomic E-state index is 13.8. The number of benzene rings is 2. The van der Waals surface area contributed by atoms with E-state index in [1.165, 1.54) is 24.3 Å². The van der Waals surface area contributed by atoms with Crippen LogP contribution in [0.25, 0.3) is 11.3 Å². The number of aromatic nitrogens is 1. The maximum atomic E-state index is 13.8. The topological polar surface area (TPSA) is 96.8 Å². The SMILES string of the molecule is O=C(O)[C@H]1C[C@@H](CC2CN(S(=O)(=O)c3cccc(C(F)(F)F)c3)c3cc(-c4cccc(C(F)(F)F)n4)ccc3O2)C1. The predicted molar refractivity (Wildman–Crippen MR) is 134 cm³/mol. The average molecular weight is 601 g/mol. The smallest absolute Gasteiger partial charge is 0.433 e. The zero-order valence-electron chi connectivity index (χ0n) is 21.0. The van der Waals surface area contributed by atoms with Gasteiger partial charge < -0.3 is 9.84 Å². The number of fused-ring (bicyclic) bond motifs is 1. The van der Waals surface area contributed by atoms with Crippen LogP contribution in [0.2, 0.25) is 0 Å². The van der Waals surface area contributed by atoms with Crippen LogP contribution in [0, 0.1) is 11.8 Å². The molecular weight excluding hydrogens is 578 g/mol. The number of aliphatic carboxylic acids is 1. The molecule has 1 unspecified atom stereocenters. The second-order valence-corrected chi connectivity index (χ2v) is 11.9. The van der Waals surface area contributed by atoms with E-state index in [0.29, 0.717) is 25.3 Å². The number of sulfonamides is 1. The fraction of sp³-hybridized carbons (Fsp3) is 0.333. The first-order chi connectivity index (χ1) is 19.1. The Bertz CT molecular complexity index is 1590. The Morgan fingerprint density at radius 3 is 2.34 bits per heavy atom. The number of carbonyl (C=O) groups is 1. The monoisotopic (exact) mass is 600 g/mol. The quantitative estimate of drug-likeness (QED) is 0.337. The average Bonchev–Trinajstić information content (AvgIpc) is 2.88. The van der Waals surface area contributed by atoms with Gasteiger partial charge in [-0.15, -0.1) is 0 Å². The maximum Gasteiger partial charge on any atom is 0.433 e. The number of nitrogens with zero attached hydrogens (tertiary/aromatic N) is 2. The first-order valence-electron chi connectivity index (χ1n) is 12.4. The van der Waals surface area contributed by atoms with Crippen molar-refractivity contribution < 1.29 is 49.4 Å². The number of carboxylic acids is 1. The van der Waals surface area contributed by atoms with Crippen molar-refractivity contribution in [1.29, 1.82) is 0 Å². The zero-order chi connectivity index (χ0) is 29.7. The Morgan fingerprint density at radius 1 is 0.976 bits per heavy atom. The van der Waals surface area contributed by atoms with Gasteiger partial charge in [0.2, 0.25) is 0 Å². The van der Waals surface area contributed by atoms with Crippen LogP contribution in [0.1, 0.15) is 30.5 Å². The van der Waals surface area contributed by atoms with Gasteiger partial charge in [0.05, 0.1) is 34.3 Å². The first-order valence-corrected chi connectivity index (χ1v) is 13.8. The lowest BCUT2D eigenvalue weighted by molar-refractivity contribution is -0.146. The van der Waals surface area contributed by atoms with E-state index >= 15 is 0 Å². The predicted octanol–water partition coefficient (Wildman–Crippen LogP) is 6.24. The summed E-state index contributed by atoms with van der Waals surface area (Å²) in [5.41, 5.74) is -2.37. The van der Waals surface area contributed by atoms with Gasteiger partial charge in [0.1, 0.15) is 17.5 Å². The molecule has 2 heterocycles. The van der Waals surface area contributed by atoms with E-state index in [0.717, 1.165) is 34.6 Å². The molecule has 1 saturated carbocycles. The third-order valence-corrected chi connectivity index (χ3v) is 8.93. The summed E-state index contributed by atoms with van der Waals surface area (Å²) < 4.78 is 114. The fourth-order valence-electron chi connectivity index (χ4n) is 5.04. The molecule has 1 aliphatic carbocycles. The summed E-state index contributed by atoms with van der Waals surface area (Å²) in [6, 6.07) is 10.5. The van der Waals surface area contributed by atoms with Gasteiger partial charge in [0, 0.05) is 5.56 Å². The van der Waals surface area contributed by atoms with Crippen molar-refractivity contribution >= 4 is 21.7 Å². The third kappa shape index (κ3) is 5.83. The third-order valence-electron chi connectivity index (χ3n) is 7.16. The van der Waals surface area contributed by atoms with Crippen LogP contribution in [0.5, 0.6) is 5.75 Å². The zero-order valence-corrected chi connectivity index (χ0v) is 21.8. The normalized spacial score (nSPS) is 21.0. The molecule has 1 aliphatic heterocycles. The van der Waals surface area contributed by atoms with E-state index in [-0.39, 0.29) is 35.2 Å². The number of anilines is 1. The Labute approximate surface area is 230 Å². The number of carboxylic acid groups (broad SMARTS) is 1. The summed E-state index contributed by atoms with van der Waals surface area (Å²) in [6.45, 7) is -0.306. The van der Waals surface area contributed by atoms with Crippen LogP contribution in [0.3, 0.4) is 0 Å². The molecule has 7 nitrogen and oxygen atoms in total. The summed E-state index contributed by atoms with van der Waals surface area (Å²) in [6.07, 6.45) is -9.22. The molecule has 1 atom stereocenters. The molecule has 0 bridgehead atoms. The van der Waals surface area contributed by atoms with Crippen LogP contribution in [-0.4, -0.2) is 37.1 Å². The minimum Gasteiger partial charge on any atom is -0.486 e. The lowest BCUT2D eigenvalue weighted by atomic mass is 9.72. The van der Waals surface area contributed by atoms with Crippen molar-refractivity contribution in [2.75, 3.05) is 10.8 Å². The molecule has 5 rings (SSSR count). The summed E-state index contributed by atoms with van der Waals surface area (Å²) in [5, 5.41) is 9.16. The molecule has 1 N–H and O–H groups in total. The van der Waals surface area contributed by atoms with Crippen LogP contribution < -0.4 is 9.04 Å². The van der Waals surface area contributed by atoms with Gasteiger partial charge >= 0.3 is 18.3 Å². The second-order valence-electron chi connectivity index (χ2n) is 10.00. The standard InChI is InChI=1S/C27H22F6N2O5S/c28-26(29,30)18-3-1-4-20(13-18)41(38,39)35-14-19(11-15-9-17(10-15)25(36)37)40-23-8-7-16(12-22(23)35)21-5-2-6-24(34-21)27(31,32)33/h1-8,12-13,15,17,19H,9-11,14H2,(H,36,37)/t15-,17+,19?. The van der Waals surface area contributed by atoms with E-state index in [4.69, 9.17) is 9.84 Å². The van der Waals surface area contributed by atoms with Gasteiger partial charge in [0.15, 0.2) is 0 Å². The van der Waals surface area contributed by atoms with Crippen LogP contribution in [0.4, 0.5) is 32.0 Å². The molecule has 1 fully saturated rings. The summed E-state index contributed by atoms with van der Waals surface area (Å²) in [4.78, 5) is 14.2. The van der Waals surface area contributed by atoms with Crippen molar-refractivity contribution in [3.63, 3.8) is 0 Å². The van der Waals surface area contributed by atoms with Crippen LogP contribution in [0.15, 0.2) is 65.6 Å². The van der Waals surface area contributed by atoms with E-state index in [1.54, 1.807) is 0 Å². The molecule has 0 saturated heterocycles. The number of halogens is 6. The highest BCUT2D eigenvalue weighted by Gasteiger charge is 2.41.